The summed E-state index contributed by atoms with van der Waals surface area (Å²) in [5, 5.41) is 0. The summed E-state index contributed by atoms with van der Waals surface area (Å²) in [5.41, 5.74) is 6.25. The number of nitrogens with two attached hydrogens (primary N) is 1. The fourth-order valence-corrected chi connectivity index (χ4v) is 2.41. The molecule has 2 rings (SSSR count). The van der Waals surface area contributed by atoms with Gasteiger partial charge in [-0.05, 0) is 42.9 Å². The molecule has 98 valence electrons. The van der Waals surface area contributed by atoms with Crippen LogP contribution in [0.3, 0.4) is 0 Å². The molecule has 1 aromatic rings. The van der Waals surface area contributed by atoms with Gasteiger partial charge in [0.2, 0.25) is 5.91 Å². The molecular formula is C15H21NO2. The Morgan fingerprint density at radius 3 is 2.50 bits per heavy atom. The number of hydrogen-bond donors (Lipinski definition) is 1. The summed E-state index contributed by atoms with van der Waals surface area (Å²) in [6.07, 6.45) is 6.41. The molecule has 0 aliphatic heterocycles. The van der Waals surface area contributed by atoms with Crippen LogP contribution in [0.1, 0.15) is 37.7 Å². The van der Waals surface area contributed by atoms with Crippen molar-refractivity contribution in [2.24, 2.45) is 11.7 Å². The number of carbonyl (C=O) groups excluding carboxylic acids is 1. The molecule has 0 atom stereocenters. The highest BCUT2D eigenvalue weighted by atomic mass is 16.5. The molecule has 2 N–H and O–H groups in total. The first-order chi connectivity index (χ1) is 8.74. The fraction of sp³-hybridized carbons (Fsp3) is 0.533. The van der Waals surface area contributed by atoms with E-state index in [4.69, 9.17) is 10.5 Å². The minimum absolute atomic E-state index is 0.253. The maximum absolute atomic E-state index is 10.7. The van der Waals surface area contributed by atoms with Crippen molar-refractivity contribution >= 4 is 5.91 Å². The average molecular weight is 247 g/mol. The van der Waals surface area contributed by atoms with E-state index in [1.54, 1.807) is 0 Å². The van der Waals surface area contributed by atoms with Crippen molar-refractivity contribution in [2.45, 2.75) is 38.5 Å². The fourth-order valence-electron chi connectivity index (χ4n) is 2.41. The van der Waals surface area contributed by atoms with Crippen LogP contribution in [0.4, 0.5) is 0 Å². The van der Waals surface area contributed by atoms with Crippen molar-refractivity contribution in [2.75, 3.05) is 6.61 Å². The molecule has 1 aliphatic rings. The molecule has 1 fully saturated rings. The third-order valence-electron chi connectivity index (χ3n) is 3.54. The van der Waals surface area contributed by atoms with Crippen molar-refractivity contribution < 1.29 is 9.53 Å². The van der Waals surface area contributed by atoms with Crippen LogP contribution < -0.4 is 10.5 Å². The zero-order chi connectivity index (χ0) is 12.8. The van der Waals surface area contributed by atoms with Crippen LogP contribution in [-0.4, -0.2) is 12.5 Å². The van der Waals surface area contributed by atoms with Gasteiger partial charge < -0.3 is 10.5 Å². The zero-order valence-electron chi connectivity index (χ0n) is 10.7. The normalized spacial score (nSPS) is 15.8. The van der Waals surface area contributed by atoms with Gasteiger partial charge >= 0.3 is 0 Å². The van der Waals surface area contributed by atoms with Crippen LogP contribution in [0.15, 0.2) is 24.3 Å². The Hall–Kier alpha value is -1.51. The lowest BCUT2D eigenvalue weighted by molar-refractivity contribution is -0.117. The van der Waals surface area contributed by atoms with Crippen LogP contribution in [0.25, 0.3) is 0 Å². The summed E-state index contributed by atoms with van der Waals surface area (Å²) < 4.78 is 5.78. The highest BCUT2D eigenvalue weighted by molar-refractivity contribution is 5.73. The molecule has 1 aromatic carbocycles. The minimum atomic E-state index is -0.253. The van der Waals surface area contributed by atoms with Crippen molar-refractivity contribution in [1.82, 2.24) is 0 Å². The number of aryl methyl sites for hydroxylation is 1. The topological polar surface area (TPSA) is 52.3 Å². The van der Waals surface area contributed by atoms with Gasteiger partial charge in [-0.15, -0.1) is 0 Å². The smallest absolute Gasteiger partial charge is 0.217 e. The summed E-state index contributed by atoms with van der Waals surface area (Å²) in [6.45, 7) is 0.834. The third kappa shape index (κ3) is 4.06. The molecule has 0 saturated heterocycles. The monoisotopic (exact) mass is 247 g/mol. The van der Waals surface area contributed by atoms with Gasteiger partial charge in [-0.25, -0.2) is 0 Å². The molecule has 3 nitrogen and oxygen atoms in total. The van der Waals surface area contributed by atoms with E-state index in [1.165, 1.54) is 25.7 Å². The molecule has 0 unspecified atom stereocenters. The number of primary amides is 1. The van der Waals surface area contributed by atoms with Gasteiger partial charge in [0.25, 0.3) is 0 Å². The predicted molar refractivity (Wildman–Crippen MR) is 71.4 cm³/mol. The maximum Gasteiger partial charge on any atom is 0.217 e. The molecule has 0 radical (unpaired) electrons. The average Bonchev–Trinajstić information content (AvgIpc) is 2.88. The second kappa shape index (κ2) is 6.43. The molecule has 0 bridgehead atoms. The van der Waals surface area contributed by atoms with E-state index in [-0.39, 0.29) is 5.91 Å². The van der Waals surface area contributed by atoms with Crippen molar-refractivity contribution in [1.29, 1.82) is 0 Å². The minimum Gasteiger partial charge on any atom is -0.493 e. The zero-order valence-corrected chi connectivity index (χ0v) is 10.7. The van der Waals surface area contributed by atoms with Crippen LogP contribution in [-0.2, 0) is 11.2 Å². The Morgan fingerprint density at radius 2 is 1.89 bits per heavy atom. The molecule has 1 saturated carbocycles. The molecular weight excluding hydrogens is 226 g/mol. The number of carbonyl (C=O) groups is 1. The van der Waals surface area contributed by atoms with E-state index in [1.807, 2.05) is 24.3 Å². The van der Waals surface area contributed by atoms with Gasteiger partial charge in [-0.2, -0.15) is 0 Å². The molecule has 1 amide bonds. The highest BCUT2D eigenvalue weighted by Gasteiger charge is 2.15. The SMILES string of the molecule is NC(=O)CCc1ccc(OCC2CCCC2)cc1. The van der Waals surface area contributed by atoms with E-state index in [0.29, 0.717) is 12.8 Å². The maximum atomic E-state index is 10.7. The first kappa shape index (κ1) is 12.9. The lowest BCUT2D eigenvalue weighted by Gasteiger charge is -2.11. The molecule has 0 spiro atoms. The summed E-state index contributed by atoms with van der Waals surface area (Å²) in [7, 11) is 0. The molecule has 0 heterocycles. The van der Waals surface area contributed by atoms with Gasteiger partial charge in [0.05, 0.1) is 6.61 Å². The van der Waals surface area contributed by atoms with E-state index in [2.05, 4.69) is 0 Å². The Balaban J connectivity index is 1.77. The summed E-state index contributed by atoms with van der Waals surface area (Å²) >= 11 is 0. The second-order valence-corrected chi connectivity index (χ2v) is 5.07. The second-order valence-electron chi connectivity index (χ2n) is 5.07. The first-order valence-corrected chi connectivity index (χ1v) is 6.74. The predicted octanol–water partition coefficient (Wildman–Crippen LogP) is 2.67. The van der Waals surface area contributed by atoms with E-state index < -0.39 is 0 Å². The standard InChI is InChI=1S/C15H21NO2/c16-15(17)10-7-12-5-8-14(9-6-12)18-11-13-3-1-2-4-13/h5-6,8-9,13H,1-4,7,10-11H2,(H2,16,17). The number of benzene rings is 1. The van der Waals surface area contributed by atoms with Gasteiger partial charge in [0.15, 0.2) is 0 Å². The van der Waals surface area contributed by atoms with Gasteiger partial charge in [-0.1, -0.05) is 25.0 Å². The van der Waals surface area contributed by atoms with Crippen LogP contribution in [0.2, 0.25) is 0 Å². The quantitative estimate of drug-likeness (QED) is 0.840. The van der Waals surface area contributed by atoms with Crippen LogP contribution >= 0.6 is 0 Å². The van der Waals surface area contributed by atoms with Gasteiger partial charge in [0.1, 0.15) is 5.75 Å². The Bertz CT molecular complexity index is 380. The number of ether oxygens (including phenoxy) is 1. The molecule has 3 heteroatoms. The first-order valence-electron chi connectivity index (χ1n) is 6.74. The summed E-state index contributed by atoms with van der Waals surface area (Å²) in [5.74, 6) is 1.40. The van der Waals surface area contributed by atoms with Crippen molar-refractivity contribution in [3.05, 3.63) is 29.8 Å². The number of rotatable bonds is 6. The van der Waals surface area contributed by atoms with E-state index in [0.717, 1.165) is 23.8 Å². The largest absolute Gasteiger partial charge is 0.493 e. The highest BCUT2D eigenvalue weighted by Crippen LogP contribution is 2.25. The number of hydrogen-bond acceptors (Lipinski definition) is 2. The number of amides is 1. The molecule has 1 aliphatic carbocycles. The van der Waals surface area contributed by atoms with E-state index in [9.17, 15) is 4.79 Å². The Kier molecular flexibility index (Phi) is 4.62. The Morgan fingerprint density at radius 1 is 1.22 bits per heavy atom. The van der Waals surface area contributed by atoms with Gasteiger partial charge in [-0.3, -0.25) is 4.79 Å². The lowest BCUT2D eigenvalue weighted by Crippen LogP contribution is -2.11. The summed E-state index contributed by atoms with van der Waals surface area (Å²) in [4.78, 5) is 10.7. The Labute approximate surface area is 108 Å². The van der Waals surface area contributed by atoms with Crippen LogP contribution in [0.5, 0.6) is 5.75 Å². The van der Waals surface area contributed by atoms with Crippen LogP contribution in [0, 0.1) is 5.92 Å². The summed E-state index contributed by atoms with van der Waals surface area (Å²) in [6, 6.07) is 7.97. The lowest BCUT2D eigenvalue weighted by atomic mass is 10.1. The van der Waals surface area contributed by atoms with E-state index >= 15 is 0 Å². The molecule has 18 heavy (non-hydrogen) atoms. The van der Waals surface area contributed by atoms with Crippen molar-refractivity contribution in [3.63, 3.8) is 0 Å². The van der Waals surface area contributed by atoms with Crippen molar-refractivity contribution in [3.8, 4) is 5.75 Å². The molecule has 0 aromatic heterocycles. The van der Waals surface area contributed by atoms with Gasteiger partial charge in [0, 0.05) is 6.42 Å². The third-order valence-corrected chi connectivity index (χ3v) is 3.54.